The number of amides is 1. The maximum atomic E-state index is 12.8. The topological polar surface area (TPSA) is 114 Å². The lowest BCUT2D eigenvalue weighted by Crippen LogP contribution is -2.45. The summed E-state index contributed by atoms with van der Waals surface area (Å²) < 4.78 is 39.2. The lowest BCUT2D eigenvalue weighted by Gasteiger charge is -2.32. The number of aromatic hydroxyl groups is 1. The van der Waals surface area contributed by atoms with E-state index >= 15 is 0 Å². The van der Waals surface area contributed by atoms with E-state index < -0.39 is 15.6 Å². The third-order valence-electron chi connectivity index (χ3n) is 3.92. The number of carbonyl (C=O) groups is 1. The summed E-state index contributed by atoms with van der Waals surface area (Å²) in [5.41, 5.74) is -0.976. The number of rotatable bonds is 4. The Labute approximate surface area is 164 Å². The van der Waals surface area contributed by atoms with Crippen LogP contribution in [0.2, 0.25) is 0 Å². The highest BCUT2D eigenvalue weighted by Crippen LogP contribution is 2.41. The summed E-state index contributed by atoms with van der Waals surface area (Å²) in [7, 11) is -2.72. The number of sulfonamides is 1. The van der Waals surface area contributed by atoms with Crippen LogP contribution in [-0.4, -0.2) is 32.1 Å². The van der Waals surface area contributed by atoms with Gasteiger partial charge in [-0.2, -0.15) is 0 Å². The van der Waals surface area contributed by atoms with Crippen LogP contribution in [0.25, 0.3) is 0 Å². The van der Waals surface area contributed by atoms with E-state index in [4.69, 9.17) is 9.47 Å². The lowest BCUT2D eigenvalue weighted by atomic mass is 10.1. The Morgan fingerprint density at radius 3 is 2.63 bits per heavy atom. The minimum Gasteiger partial charge on any atom is -0.506 e. The molecule has 0 fully saturated rings. The highest BCUT2D eigenvalue weighted by atomic mass is 79.9. The summed E-state index contributed by atoms with van der Waals surface area (Å²) in [4.78, 5) is 11.8. The molecule has 0 saturated heterocycles. The summed E-state index contributed by atoms with van der Waals surface area (Å²) >= 11 is 3.23. The van der Waals surface area contributed by atoms with E-state index in [1.807, 2.05) is 0 Å². The molecule has 0 bridgehead atoms. The van der Waals surface area contributed by atoms with Gasteiger partial charge in [0.1, 0.15) is 22.1 Å². The van der Waals surface area contributed by atoms with Crippen LogP contribution in [-0.2, 0) is 14.8 Å². The number of halogens is 1. The first-order chi connectivity index (χ1) is 12.5. The number of benzene rings is 2. The molecule has 0 unspecified atom stereocenters. The zero-order valence-electron chi connectivity index (χ0n) is 14.7. The normalized spacial score (nSPS) is 15.3. The SMILES string of the molecule is COc1ccc(Br)cc1S(=O)(=O)Nc1cc2c(cc1O)NC(=O)C(C)(C)O2. The van der Waals surface area contributed by atoms with Crippen LogP contribution in [0.4, 0.5) is 11.4 Å². The molecule has 27 heavy (non-hydrogen) atoms. The van der Waals surface area contributed by atoms with Crippen molar-refractivity contribution < 1.29 is 27.8 Å². The third kappa shape index (κ3) is 3.67. The van der Waals surface area contributed by atoms with E-state index in [1.54, 1.807) is 19.9 Å². The fourth-order valence-electron chi connectivity index (χ4n) is 2.49. The number of ether oxygens (including phenoxy) is 2. The molecule has 1 amide bonds. The number of anilines is 2. The monoisotopic (exact) mass is 456 g/mol. The average molecular weight is 457 g/mol. The van der Waals surface area contributed by atoms with Crippen LogP contribution in [0.3, 0.4) is 0 Å². The van der Waals surface area contributed by atoms with Crippen LogP contribution in [0.15, 0.2) is 39.7 Å². The van der Waals surface area contributed by atoms with Crippen molar-refractivity contribution in [3.8, 4) is 17.2 Å². The van der Waals surface area contributed by atoms with Crippen molar-refractivity contribution in [1.82, 2.24) is 0 Å². The van der Waals surface area contributed by atoms with Crippen molar-refractivity contribution in [2.24, 2.45) is 0 Å². The number of fused-ring (bicyclic) bond motifs is 1. The Hall–Kier alpha value is -2.46. The van der Waals surface area contributed by atoms with E-state index in [-0.39, 0.29) is 39.4 Å². The van der Waals surface area contributed by atoms with Crippen molar-refractivity contribution in [3.05, 3.63) is 34.8 Å². The van der Waals surface area contributed by atoms with Crippen LogP contribution in [0, 0.1) is 0 Å². The highest BCUT2D eigenvalue weighted by molar-refractivity contribution is 9.10. The van der Waals surface area contributed by atoms with Crippen LogP contribution in [0.1, 0.15) is 13.8 Å². The van der Waals surface area contributed by atoms with E-state index in [2.05, 4.69) is 26.0 Å². The molecule has 0 aromatic heterocycles. The third-order valence-corrected chi connectivity index (χ3v) is 5.80. The maximum Gasteiger partial charge on any atom is 0.268 e. The van der Waals surface area contributed by atoms with Gasteiger partial charge in [0.15, 0.2) is 5.60 Å². The quantitative estimate of drug-likeness (QED) is 0.609. The maximum absolute atomic E-state index is 12.8. The second-order valence-electron chi connectivity index (χ2n) is 6.33. The minimum atomic E-state index is -4.08. The van der Waals surface area contributed by atoms with Gasteiger partial charge in [0.2, 0.25) is 0 Å². The molecule has 0 aliphatic carbocycles. The molecule has 0 atom stereocenters. The van der Waals surface area contributed by atoms with Crippen molar-refractivity contribution in [2.75, 3.05) is 17.1 Å². The van der Waals surface area contributed by atoms with Gasteiger partial charge in [0.05, 0.1) is 18.5 Å². The molecule has 1 aliphatic heterocycles. The van der Waals surface area contributed by atoms with Crippen LogP contribution in [0.5, 0.6) is 17.2 Å². The lowest BCUT2D eigenvalue weighted by molar-refractivity contribution is -0.129. The Balaban J connectivity index is 2.01. The number of nitrogens with one attached hydrogen (secondary N) is 2. The molecule has 0 radical (unpaired) electrons. The predicted octanol–water partition coefficient (Wildman–Crippen LogP) is 3.07. The smallest absolute Gasteiger partial charge is 0.268 e. The molecule has 3 N–H and O–H groups in total. The molecule has 2 aromatic carbocycles. The standard InChI is InChI=1S/C17H17BrN2O6S/c1-17(2)16(22)19-11-7-12(21)10(8-14(11)26-17)20-27(23,24)15-6-9(18)4-5-13(15)25-3/h4-8,20-21H,1-3H3,(H,19,22). The van der Waals surface area contributed by atoms with E-state index in [1.165, 1.54) is 31.4 Å². The molecular formula is C17H17BrN2O6S. The number of hydrogen-bond acceptors (Lipinski definition) is 6. The molecule has 3 rings (SSSR count). The second kappa shape index (κ2) is 6.61. The summed E-state index contributed by atoms with van der Waals surface area (Å²) in [6.45, 7) is 3.16. The zero-order valence-corrected chi connectivity index (χ0v) is 17.1. The average Bonchev–Trinajstić information content (AvgIpc) is 2.57. The highest BCUT2D eigenvalue weighted by Gasteiger charge is 2.36. The Kier molecular flexibility index (Phi) is 4.73. The van der Waals surface area contributed by atoms with Gasteiger partial charge in [-0.3, -0.25) is 9.52 Å². The van der Waals surface area contributed by atoms with E-state index in [9.17, 15) is 18.3 Å². The van der Waals surface area contributed by atoms with Crippen molar-refractivity contribution >= 4 is 43.2 Å². The van der Waals surface area contributed by atoms with E-state index in [0.717, 1.165) is 0 Å². The van der Waals surface area contributed by atoms with Crippen molar-refractivity contribution in [1.29, 1.82) is 0 Å². The zero-order chi connectivity index (χ0) is 20.0. The summed E-state index contributed by atoms with van der Waals surface area (Å²) in [5.74, 6) is -0.361. The number of hydrogen-bond donors (Lipinski definition) is 3. The molecule has 1 heterocycles. The first-order valence-electron chi connectivity index (χ1n) is 7.77. The number of phenols is 1. The first-order valence-corrected chi connectivity index (χ1v) is 10.0. The number of methoxy groups -OCH3 is 1. The second-order valence-corrected chi connectivity index (χ2v) is 8.90. The van der Waals surface area contributed by atoms with E-state index in [0.29, 0.717) is 4.47 Å². The summed E-state index contributed by atoms with van der Waals surface area (Å²) in [5, 5.41) is 12.8. The van der Waals surface area contributed by atoms with Gasteiger partial charge < -0.3 is 19.9 Å². The Bertz CT molecular complexity index is 1040. The first kappa shape index (κ1) is 19.3. The fourth-order valence-corrected chi connectivity index (χ4v) is 4.26. The predicted molar refractivity (Wildman–Crippen MR) is 103 cm³/mol. The Morgan fingerprint density at radius 1 is 1.26 bits per heavy atom. The van der Waals surface area contributed by atoms with Gasteiger partial charge in [0.25, 0.3) is 15.9 Å². The number of carbonyl (C=O) groups excluding carboxylic acids is 1. The van der Waals surface area contributed by atoms with Crippen molar-refractivity contribution in [3.63, 3.8) is 0 Å². The molecule has 0 spiro atoms. The Morgan fingerprint density at radius 2 is 1.96 bits per heavy atom. The van der Waals surface area contributed by atoms with Gasteiger partial charge >= 0.3 is 0 Å². The molecule has 8 nitrogen and oxygen atoms in total. The van der Waals surface area contributed by atoms with Crippen molar-refractivity contribution in [2.45, 2.75) is 24.3 Å². The van der Waals surface area contributed by atoms with Gasteiger partial charge in [0, 0.05) is 16.6 Å². The van der Waals surface area contributed by atoms with Gasteiger partial charge in [-0.25, -0.2) is 8.42 Å². The number of phenolic OH excluding ortho intramolecular Hbond substituents is 1. The summed E-state index contributed by atoms with van der Waals surface area (Å²) in [6, 6.07) is 7.07. The van der Waals surface area contributed by atoms with Crippen LogP contribution >= 0.6 is 15.9 Å². The van der Waals surface area contributed by atoms with Crippen LogP contribution < -0.4 is 19.5 Å². The largest absolute Gasteiger partial charge is 0.506 e. The molecule has 2 aromatic rings. The molecular weight excluding hydrogens is 440 g/mol. The summed E-state index contributed by atoms with van der Waals surface area (Å²) in [6.07, 6.45) is 0. The van der Waals surface area contributed by atoms with Gasteiger partial charge in [-0.15, -0.1) is 0 Å². The molecule has 0 saturated carbocycles. The fraction of sp³-hybridized carbons (Fsp3) is 0.235. The molecule has 144 valence electrons. The molecule has 1 aliphatic rings. The minimum absolute atomic E-state index is 0.0947. The van der Waals surface area contributed by atoms with Gasteiger partial charge in [-0.1, -0.05) is 15.9 Å². The van der Waals surface area contributed by atoms with Gasteiger partial charge in [-0.05, 0) is 32.0 Å². The molecule has 10 heteroatoms.